The van der Waals surface area contributed by atoms with E-state index in [2.05, 4.69) is 0 Å². The first-order chi connectivity index (χ1) is 5.69. The van der Waals surface area contributed by atoms with Gasteiger partial charge in [0.2, 0.25) is 4.24 Å². The Morgan fingerprint density at radius 1 is 1.15 bits per heavy atom. The van der Waals surface area contributed by atoms with Gasteiger partial charge < -0.3 is 0 Å². The van der Waals surface area contributed by atoms with Crippen molar-refractivity contribution in [2.24, 2.45) is 0 Å². The van der Waals surface area contributed by atoms with E-state index in [4.69, 9.17) is 9.11 Å². The van der Waals surface area contributed by atoms with Crippen LogP contribution in [-0.4, -0.2) is 25.9 Å². The van der Waals surface area contributed by atoms with E-state index in [0.717, 1.165) is 6.08 Å². The van der Waals surface area contributed by atoms with Crippen molar-refractivity contribution in [3.05, 3.63) is 10.3 Å². The van der Waals surface area contributed by atoms with Gasteiger partial charge in [0, 0.05) is 0 Å². The number of allylic oxidation sites excluding steroid dienone is 1. The standard InChI is InChI=1S/C5H10O6S2/c1-2-3-4-5(12(6,7)8)13(9,10)11/h4H,2-3H2,1H3,(H,6,7,8)(H,9,10,11). The Balaban J connectivity index is 5.27. The molecule has 6 nitrogen and oxygen atoms in total. The minimum Gasteiger partial charge on any atom is -0.281 e. The van der Waals surface area contributed by atoms with Crippen LogP contribution in [0.4, 0.5) is 0 Å². The molecule has 13 heavy (non-hydrogen) atoms. The third kappa shape index (κ3) is 4.36. The molecule has 0 aliphatic carbocycles. The van der Waals surface area contributed by atoms with Crippen LogP contribution in [0, 0.1) is 0 Å². The van der Waals surface area contributed by atoms with Gasteiger partial charge in [-0.2, -0.15) is 16.8 Å². The van der Waals surface area contributed by atoms with Crippen LogP contribution in [0.25, 0.3) is 0 Å². The van der Waals surface area contributed by atoms with E-state index in [1.165, 1.54) is 0 Å². The van der Waals surface area contributed by atoms with Gasteiger partial charge in [0.1, 0.15) is 0 Å². The van der Waals surface area contributed by atoms with E-state index in [9.17, 15) is 16.8 Å². The molecule has 0 rings (SSSR count). The number of unbranched alkanes of at least 4 members (excludes halogenated alkanes) is 1. The maximum Gasteiger partial charge on any atom is 0.307 e. The second-order valence-electron chi connectivity index (χ2n) is 2.26. The summed E-state index contributed by atoms with van der Waals surface area (Å²) in [5.41, 5.74) is 0. The van der Waals surface area contributed by atoms with Crippen molar-refractivity contribution in [3.8, 4) is 0 Å². The van der Waals surface area contributed by atoms with E-state index in [1.54, 1.807) is 6.92 Å². The Bertz CT molecular complexity index is 353. The van der Waals surface area contributed by atoms with Gasteiger partial charge in [-0.1, -0.05) is 13.3 Å². The van der Waals surface area contributed by atoms with Crippen LogP contribution in [0.5, 0.6) is 0 Å². The maximum atomic E-state index is 10.4. The van der Waals surface area contributed by atoms with E-state index in [-0.39, 0.29) is 6.42 Å². The SMILES string of the molecule is CCCC=C(S(=O)(=O)O)S(=O)(=O)O. The lowest BCUT2D eigenvalue weighted by Crippen LogP contribution is -2.12. The topological polar surface area (TPSA) is 109 Å². The minimum atomic E-state index is -4.87. The summed E-state index contributed by atoms with van der Waals surface area (Å²) in [6.45, 7) is 1.68. The molecule has 0 atom stereocenters. The average molecular weight is 230 g/mol. The molecule has 0 spiro atoms. The second-order valence-corrected chi connectivity index (χ2v) is 5.30. The minimum absolute atomic E-state index is 0.134. The van der Waals surface area contributed by atoms with E-state index < -0.39 is 24.5 Å². The van der Waals surface area contributed by atoms with Crippen molar-refractivity contribution in [1.29, 1.82) is 0 Å². The highest BCUT2D eigenvalue weighted by Gasteiger charge is 2.26. The smallest absolute Gasteiger partial charge is 0.281 e. The zero-order valence-corrected chi connectivity index (χ0v) is 8.47. The van der Waals surface area contributed by atoms with Crippen LogP contribution >= 0.6 is 0 Å². The summed E-state index contributed by atoms with van der Waals surface area (Å²) in [5, 5.41) is 0. The highest BCUT2D eigenvalue weighted by atomic mass is 32.3. The average Bonchev–Trinajstić information content (AvgIpc) is 1.81. The van der Waals surface area contributed by atoms with Crippen molar-refractivity contribution in [1.82, 2.24) is 0 Å². The fourth-order valence-electron chi connectivity index (χ4n) is 0.606. The first kappa shape index (κ1) is 12.6. The first-order valence-corrected chi connectivity index (χ1v) is 6.22. The molecule has 0 saturated carbocycles. The fraction of sp³-hybridized carbons (Fsp3) is 0.600. The quantitative estimate of drug-likeness (QED) is 0.677. The Labute approximate surface area is 76.8 Å². The zero-order chi connectivity index (χ0) is 10.7. The Hall–Kier alpha value is -0.440. The van der Waals surface area contributed by atoms with Crippen molar-refractivity contribution < 1.29 is 25.9 Å². The molecular weight excluding hydrogens is 220 g/mol. The Morgan fingerprint density at radius 2 is 1.54 bits per heavy atom. The predicted molar refractivity (Wildman–Crippen MR) is 46.1 cm³/mol. The monoisotopic (exact) mass is 230 g/mol. The summed E-state index contributed by atoms with van der Waals surface area (Å²) in [7, 11) is -9.74. The summed E-state index contributed by atoms with van der Waals surface area (Å²) in [6, 6.07) is 0. The zero-order valence-electron chi connectivity index (χ0n) is 6.84. The maximum absolute atomic E-state index is 10.4. The van der Waals surface area contributed by atoms with Gasteiger partial charge in [-0.3, -0.25) is 9.11 Å². The molecule has 0 aromatic carbocycles. The molecule has 0 heterocycles. The Kier molecular flexibility index (Phi) is 4.04. The molecule has 0 aliphatic rings. The number of rotatable bonds is 4. The molecule has 0 unspecified atom stereocenters. The molecule has 0 amide bonds. The largest absolute Gasteiger partial charge is 0.307 e. The van der Waals surface area contributed by atoms with Gasteiger partial charge in [0.05, 0.1) is 0 Å². The predicted octanol–water partition coefficient (Wildman–Crippen LogP) is 0.404. The molecule has 78 valence electrons. The lowest BCUT2D eigenvalue weighted by Gasteiger charge is -1.98. The van der Waals surface area contributed by atoms with Gasteiger partial charge in [-0.25, -0.2) is 0 Å². The van der Waals surface area contributed by atoms with Gasteiger partial charge in [-0.15, -0.1) is 0 Å². The third-order valence-corrected chi connectivity index (χ3v) is 3.72. The fourth-order valence-corrected chi connectivity index (χ4v) is 2.33. The second kappa shape index (κ2) is 4.18. The molecular formula is C5H10O6S2. The van der Waals surface area contributed by atoms with Gasteiger partial charge in [0.25, 0.3) is 0 Å². The Morgan fingerprint density at radius 3 is 1.77 bits per heavy atom. The van der Waals surface area contributed by atoms with Crippen molar-refractivity contribution >= 4 is 20.2 Å². The summed E-state index contributed by atoms with van der Waals surface area (Å²) >= 11 is 0. The normalized spacial score (nSPS) is 12.5. The molecule has 0 fully saturated rings. The van der Waals surface area contributed by atoms with Crippen LogP contribution in [0.2, 0.25) is 0 Å². The van der Waals surface area contributed by atoms with Crippen molar-refractivity contribution in [3.63, 3.8) is 0 Å². The van der Waals surface area contributed by atoms with Crippen LogP contribution in [0.1, 0.15) is 19.8 Å². The van der Waals surface area contributed by atoms with E-state index in [0.29, 0.717) is 6.42 Å². The first-order valence-electron chi connectivity index (χ1n) is 3.34. The van der Waals surface area contributed by atoms with E-state index in [1.807, 2.05) is 0 Å². The molecule has 0 saturated heterocycles. The lowest BCUT2D eigenvalue weighted by molar-refractivity contribution is 0.480. The number of hydrogen-bond donors (Lipinski definition) is 2. The van der Waals surface area contributed by atoms with Gasteiger partial charge in [0.15, 0.2) is 0 Å². The van der Waals surface area contributed by atoms with Crippen molar-refractivity contribution in [2.45, 2.75) is 19.8 Å². The van der Waals surface area contributed by atoms with Crippen LogP contribution in [0.15, 0.2) is 10.3 Å². The van der Waals surface area contributed by atoms with Gasteiger partial charge in [-0.05, 0) is 12.5 Å². The van der Waals surface area contributed by atoms with Crippen molar-refractivity contribution in [2.75, 3.05) is 0 Å². The molecule has 0 radical (unpaired) electrons. The molecule has 0 bridgehead atoms. The summed E-state index contributed by atoms with van der Waals surface area (Å²) in [4.78, 5) is 0. The third-order valence-electron chi connectivity index (χ3n) is 1.11. The lowest BCUT2D eigenvalue weighted by atomic mass is 10.3. The van der Waals surface area contributed by atoms with Crippen LogP contribution in [0.3, 0.4) is 0 Å². The van der Waals surface area contributed by atoms with Crippen LogP contribution < -0.4 is 0 Å². The molecule has 0 aromatic heterocycles. The van der Waals surface area contributed by atoms with Gasteiger partial charge >= 0.3 is 20.2 Å². The summed E-state index contributed by atoms with van der Waals surface area (Å²) in [5.74, 6) is 0. The van der Waals surface area contributed by atoms with E-state index >= 15 is 0 Å². The number of hydrogen-bond acceptors (Lipinski definition) is 4. The van der Waals surface area contributed by atoms with Crippen LogP contribution in [-0.2, 0) is 20.2 Å². The molecule has 0 aromatic rings. The molecule has 0 aliphatic heterocycles. The summed E-state index contributed by atoms with van der Waals surface area (Å²) < 4.78 is 57.2. The summed E-state index contributed by atoms with van der Waals surface area (Å²) in [6.07, 6.45) is 1.38. The highest BCUT2D eigenvalue weighted by molar-refractivity contribution is 8.09. The molecule has 8 heteroatoms. The highest BCUT2D eigenvalue weighted by Crippen LogP contribution is 2.12. The molecule has 2 N–H and O–H groups in total.